The van der Waals surface area contributed by atoms with Crippen LogP contribution in [0.25, 0.3) is 67.0 Å². The number of imidazole rings is 1. The summed E-state index contributed by atoms with van der Waals surface area (Å²) >= 11 is 0. The Kier molecular flexibility index (Phi) is 11.2. The molecule has 0 radical (unpaired) electrons. The van der Waals surface area contributed by atoms with Gasteiger partial charge in [0.05, 0.1) is 11.4 Å². The quantitative estimate of drug-likeness (QED) is 0.142. The minimum absolute atomic E-state index is 0.0770. The van der Waals surface area contributed by atoms with Gasteiger partial charge in [0.2, 0.25) is 6.33 Å². The summed E-state index contributed by atoms with van der Waals surface area (Å²) in [4.78, 5) is 15.1. The van der Waals surface area contributed by atoms with Gasteiger partial charge in [-0.3, -0.25) is 4.90 Å². The number of pyridine rings is 2. The summed E-state index contributed by atoms with van der Waals surface area (Å²) in [5.41, 5.74) is 20.5. The van der Waals surface area contributed by atoms with Crippen LogP contribution in [0.3, 0.4) is 0 Å². The van der Waals surface area contributed by atoms with E-state index in [0.29, 0.717) is 0 Å². The van der Waals surface area contributed by atoms with Crippen molar-refractivity contribution < 1.29 is 4.57 Å². The molecule has 0 saturated carbocycles. The van der Waals surface area contributed by atoms with Crippen LogP contribution in [0.2, 0.25) is 0 Å². The lowest BCUT2D eigenvalue weighted by molar-refractivity contribution is -0.568. The second-order valence-electron chi connectivity index (χ2n) is 21.0. The molecular formula is C67H57N6+. The van der Waals surface area contributed by atoms with Gasteiger partial charge in [-0.2, -0.15) is 4.57 Å². The summed E-state index contributed by atoms with van der Waals surface area (Å²) < 4.78 is 4.61. The smallest absolute Gasteiger partial charge is 0.307 e. The molecule has 8 aromatic carbocycles. The van der Waals surface area contributed by atoms with Gasteiger partial charge in [-0.1, -0.05) is 187 Å². The molecule has 4 heterocycles. The molecule has 6 heteroatoms. The fourth-order valence-corrected chi connectivity index (χ4v) is 10.5. The van der Waals surface area contributed by atoms with E-state index in [2.05, 4.69) is 279 Å². The highest BCUT2D eigenvalue weighted by Crippen LogP contribution is 2.52. The van der Waals surface area contributed by atoms with Gasteiger partial charge in [0.25, 0.3) is 0 Å². The van der Waals surface area contributed by atoms with Crippen LogP contribution < -0.4 is 14.4 Å². The Morgan fingerprint density at radius 3 is 1.66 bits per heavy atom. The highest BCUT2D eigenvalue weighted by molar-refractivity contribution is 6.03. The Labute approximate surface area is 428 Å². The summed E-state index contributed by atoms with van der Waals surface area (Å²) in [5, 5.41) is 0. The maximum Gasteiger partial charge on any atom is 0.307 e. The number of hydrogen-bond acceptors (Lipinski definition) is 4. The third-order valence-corrected chi connectivity index (χ3v) is 14.2. The molecule has 1 aliphatic rings. The number of hydrogen-bond donors (Lipinski definition) is 0. The lowest BCUT2D eigenvalue weighted by atomic mass is 9.86. The Balaban J connectivity index is 1.10. The van der Waals surface area contributed by atoms with E-state index in [0.717, 1.165) is 90.2 Å². The van der Waals surface area contributed by atoms with Crippen molar-refractivity contribution in [1.82, 2.24) is 14.5 Å². The molecule has 12 rings (SSSR count). The lowest BCUT2D eigenvalue weighted by Gasteiger charge is -2.31. The summed E-state index contributed by atoms with van der Waals surface area (Å²) in [6.07, 6.45) is 6.10. The number of fused-ring (bicyclic) bond motifs is 6. The monoisotopic (exact) mass is 945 g/mol. The third-order valence-electron chi connectivity index (χ3n) is 14.2. The Morgan fingerprint density at radius 2 is 1.00 bits per heavy atom. The van der Waals surface area contributed by atoms with Gasteiger partial charge in [0.1, 0.15) is 23.4 Å². The molecule has 0 amide bonds. The van der Waals surface area contributed by atoms with Gasteiger partial charge in [0, 0.05) is 51.6 Å². The van der Waals surface area contributed by atoms with E-state index in [-0.39, 0.29) is 10.8 Å². The van der Waals surface area contributed by atoms with Crippen LogP contribution in [0.4, 0.5) is 34.3 Å². The number of benzene rings is 8. The molecule has 0 saturated heterocycles. The lowest BCUT2D eigenvalue weighted by Crippen LogP contribution is -2.31. The van der Waals surface area contributed by atoms with Gasteiger partial charge in [-0.15, -0.1) is 4.98 Å². The molecule has 0 unspecified atom stereocenters. The van der Waals surface area contributed by atoms with E-state index in [1.807, 2.05) is 18.5 Å². The van der Waals surface area contributed by atoms with Gasteiger partial charge in [-0.05, 0) is 111 Å². The molecule has 0 fully saturated rings. The first-order valence-electron chi connectivity index (χ1n) is 25.2. The molecule has 6 nitrogen and oxygen atoms in total. The maximum atomic E-state index is 5.15. The molecule has 354 valence electrons. The van der Waals surface area contributed by atoms with Crippen molar-refractivity contribution in [2.75, 3.05) is 9.80 Å². The fourth-order valence-electron chi connectivity index (χ4n) is 10.5. The first-order valence-corrected chi connectivity index (χ1v) is 25.2. The number of nitrogens with zero attached hydrogens (tertiary/aromatic N) is 6. The summed E-state index contributed by atoms with van der Waals surface area (Å²) in [5.74, 6) is 0.875. The second-order valence-corrected chi connectivity index (χ2v) is 21.0. The Hall–Kier alpha value is -8.87. The molecule has 1 aliphatic heterocycles. The summed E-state index contributed by atoms with van der Waals surface area (Å²) in [7, 11) is 0. The highest BCUT2D eigenvalue weighted by Gasteiger charge is 2.31. The van der Waals surface area contributed by atoms with Crippen molar-refractivity contribution in [3.05, 3.63) is 248 Å². The van der Waals surface area contributed by atoms with Gasteiger partial charge in [-0.25, -0.2) is 9.55 Å². The van der Waals surface area contributed by atoms with Crippen LogP contribution >= 0.6 is 0 Å². The van der Waals surface area contributed by atoms with Crippen molar-refractivity contribution in [2.45, 2.75) is 52.4 Å². The molecule has 11 aromatic rings. The van der Waals surface area contributed by atoms with Crippen LogP contribution in [-0.4, -0.2) is 14.5 Å². The third kappa shape index (κ3) is 8.25. The minimum atomic E-state index is -0.202. The first kappa shape index (κ1) is 45.3. The van der Waals surface area contributed by atoms with E-state index >= 15 is 0 Å². The average Bonchev–Trinajstić information content (AvgIpc) is 3.76. The van der Waals surface area contributed by atoms with E-state index in [1.165, 1.54) is 22.3 Å². The topological polar surface area (TPSA) is 41.1 Å². The molecule has 0 bridgehead atoms. The molecule has 0 spiro atoms. The molecule has 73 heavy (non-hydrogen) atoms. The second kappa shape index (κ2) is 18.1. The number of anilines is 6. The summed E-state index contributed by atoms with van der Waals surface area (Å²) in [6, 6.07) is 78.9. The van der Waals surface area contributed by atoms with Crippen molar-refractivity contribution in [3.63, 3.8) is 0 Å². The molecule has 0 aliphatic carbocycles. The Bertz CT molecular complexity index is 3770. The van der Waals surface area contributed by atoms with Crippen LogP contribution in [-0.2, 0) is 10.8 Å². The Morgan fingerprint density at radius 1 is 0.411 bits per heavy atom. The highest BCUT2D eigenvalue weighted by atomic mass is 15.2. The number of rotatable bonds is 8. The SMILES string of the molecule is CC(C)(C)c1cc(N(c2ccccc2)c2ccc3c(c2)N(c2cc(C(C)(C)C)ccn2)c2ccccc2-c2ccccc2-3)cc(-n2c[n+](-c3c(-c4ccccc4)cccc3-c3ccccc3)c3ncccc32)c1. The van der Waals surface area contributed by atoms with Crippen LogP contribution in [0, 0.1) is 0 Å². The number of aromatic nitrogens is 4. The first-order chi connectivity index (χ1) is 35.5. The predicted octanol–water partition coefficient (Wildman–Crippen LogP) is 17.2. The van der Waals surface area contributed by atoms with E-state index in [1.54, 1.807) is 0 Å². The van der Waals surface area contributed by atoms with Crippen molar-refractivity contribution in [1.29, 1.82) is 0 Å². The van der Waals surface area contributed by atoms with Gasteiger partial charge >= 0.3 is 5.65 Å². The van der Waals surface area contributed by atoms with Crippen molar-refractivity contribution in [2.24, 2.45) is 0 Å². The molecule has 0 atom stereocenters. The zero-order chi connectivity index (χ0) is 49.8. The molecule has 3 aromatic heterocycles. The molecule has 0 N–H and O–H groups in total. The van der Waals surface area contributed by atoms with E-state index < -0.39 is 0 Å². The minimum Gasteiger partial charge on any atom is -0.310 e. The van der Waals surface area contributed by atoms with Gasteiger partial charge in [0.15, 0.2) is 5.52 Å². The standard InChI is InChI=1S/C67H57N6/c1-66(2,3)48-37-39-68-63(42-48)73-60-33-19-18-30-58(60)56-28-16-17-29-57(56)59-36-35-51(44-62(59)73)72(50-26-14-9-15-27-50)53-41-49(67(4,5)6)40-52(43-53)70-45-71(65-61(70)34-21-38-69-65)64-54(46-22-10-7-11-23-46)31-20-32-55(64)47-24-12-8-13-25-47/h7-45H,1-6H3/q+1. The van der Waals surface area contributed by atoms with E-state index in [9.17, 15) is 0 Å². The van der Waals surface area contributed by atoms with Gasteiger partial charge < -0.3 is 4.90 Å². The van der Waals surface area contributed by atoms with Crippen LogP contribution in [0.15, 0.2) is 237 Å². The van der Waals surface area contributed by atoms with Crippen molar-refractivity contribution in [3.8, 4) is 55.9 Å². The molecular weight excluding hydrogens is 889 g/mol. The predicted molar refractivity (Wildman–Crippen MR) is 302 cm³/mol. The number of para-hydroxylation sites is 3. The van der Waals surface area contributed by atoms with Crippen LogP contribution in [0.5, 0.6) is 0 Å². The largest absolute Gasteiger partial charge is 0.310 e. The normalized spacial score (nSPS) is 12.2. The fraction of sp³-hybridized carbons (Fsp3) is 0.119. The zero-order valence-electron chi connectivity index (χ0n) is 42.2. The van der Waals surface area contributed by atoms with Crippen molar-refractivity contribution >= 4 is 45.4 Å². The maximum absolute atomic E-state index is 5.15. The van der Waals surface area contributed by atoms with Crippen LogP contribution in [0.1, 0.15) is 52.7 Å². The summed E-state index contributed by atoms with van der Waals surface area (Å²) in [6.45, 7) is 13.7. The van der Waals surface area contributed by atoms with E-state index in [4.69, 9.17) is 9.97 Å². The average molecular weight is 946 g/mol. The zero-order valence-corrected chi connectivity index (χ0v) is 42.2.